The number of nitrogens with zero attached hydrogens (tertiary/aromatic N) is 1. The zero-order valence-corrected chi connectivity index (χ0v) is 15.2. The summed E-state index contributed by atoms with van der Waals surface area (Å²) in [5.74, 6) is 0.692. The summed E-state index contributed by atoms with van der Waals surface area (Å²) in [4.78, 5) is 27.5. The van der Waals surface area contributed by atoms with Crippen molar-refractivity contribution in [2.45, 2.75) is 25.3 Å². The lowest BCUT2D eigenvalue weighted by Gasteiger charge is -2.28. The number of nitrogens with one attached hydrogen (secondary N) is 1. The first-order valence-electron chi connectivity index (χ1n) is 8.37. The van der Waals surface area contributed by atoms with Crippen LogP contribution in [0, 0.1) is 5.92 Å². The lowest BCUT2D eigenvalue weighted by Crippen LogP contribution is -2.48. The zero-order valence-electron chi connectivity index (χ0n) is 14.3. The van der Waals surface area contributed by atoms with Gasteiger partial charge >= 0.3 is 0 Å². The summed E-state index contributed by atoms with van der Waals surface area (Å²) in [5, 5.41) is 2.74. The number of carbonyl (C=O) groups is 2. The smallest absolute Gasteiger partial charge is 0.255 e. The van der Waals surface area contributed by atoms with E-state index >= 15 is 0 Å². The molecule has 3 rings (SSSR count). The first-order valence-corrected chi connectivity index (χ1v) is 9.42. The van der Waals surface area contributed by atoms with Crippen LogP contribution in [0.2, 0.25) is 0 Å². The van der Waals surface area contributed by atoms with Crippen molar-refractivity contribution in [1.29, 1.82) is 0 Å². The third-order valence-electron chi connectivity index (χ3n) is 4.07. The quantitative estimate of drug-likeness (QED) is 0.891. The molecule has 2 amide bonds. The maximum Gasteiger partial charge on any atom is 0.255 e. The Morgan fingerprint density at radius 1 is 1.28 bits per heavy atom. The number of amides is 2. The van der Waals surface area contributed by atoms with Crippen molar-refractivity contribution in [3.63, 3.8) is 0 Å². The van der Waals surface area contributed by atoms with Crippen LogP contribution in [0.25, 0.3) is 0 Å². The van der Waals surface area contributed by atoms with E-state index in [4.69, 9.17) is 4.42 Å². The molecule has 5 nitrogen and oxygen atoms in total. The molecule has 1 fully saturated rings. The van der Waals surface area contributed by atoms with Crippen LogP contribution in [0.5, 0.6) is 0 Å². The van der Waals surface area contributed by atoms with E-state index in [1.54, 1.807) is 41.3 Å². The van der Waals surface area contributed by atoms with Gasteiger partial charge in [0.2, 0.25) is 5.91 Å². The number of furan rings is 1. The number of hydrogen-bond acceptors (Lipinski definition) is 4. The highest BCUT2D eigenvalue weighted by Crippen LogP contribution is 2.42. The van der Waals surface area contributed by atoms with Crippen LogP contribution in [0.1, 0.15) is 35.1 Å². The second-order valence-corrected chi connectivity index (χ2v) is 7.59. The van der Waals surface area contributed by atoms with Gasteiger partial charge in [0.1, 0.15) is 11.4 Å². The van der Waals surface area contributed by atoms with Gasteiger partial charge in [0.25, 0.3) is 5.91 Å². The second-order valence-electron chi connectivity index (χ2n) is 6.48. The second kappa shape index (κ2) is 7.78. The van der Waals surface area contributed by atoms with Crippen molar-refractivity contribution in [2.75, 3.05) is 12.3 Å². The minimum Gasteiger partial charge on any atom is -0.472 e. The molecule has 1 aliphatic rings. The molecular weight excluding hydrogens is 336 g/mol. The van der Waals surface area contributed by atoms with E-state index < -0.39 is 6.04 Å². The highest BCUT2D eigenvalue weighted by molar-refractivity contribution is 7.99. The van der Waals surface area contributed by atoms with Gasteiger partial charge < -0.3 is 14.6 Å². The number of thioether (sulfide) groups is 1. The molecule has 2 unspecified atom stereocenters. The first kappa shape index (κ1) is 17.6. The van der Waals surface area contributed by atoms with Gasteiger partial charge in [0.05, 0.1) is 12.5 Å². The lowest BCUT2D eigenvalue weighted by atomic mass is 10.1. The SMILES string of the molecule is CC(C)CNC(=O)C1CSC(c2ccoc2)N1C(=O)c1ccccc1. The summed E-state index contributed by atoms with van der Waals surface area (Å²) in [6.45, 7) is 4.69. The van der Waals surface area contributed by atoms with Crippen LogP contribution < -0.4 is 5.32 Å². The molecule has 1 N–H and O–H groups in total. The average Bonchev–Trinajstić information content (AvgIpc) is 3.28. The molecule has 0 spiro atoms. The molecule has 25 heavy (non-hydrogen) atoms. The Labute approximate surface area is 151 Å². The molecule has 1 saturated heterocycles. The molecule has 0 radical (unpaired) electrons. The maximum atomic E-state index is 13.1. The fraction of sp³-hybridized carbons (Fsp3) is 0.368. The van der Waals surface area contributed by atoms with Crippen LogP contribution in [0.3, 0.4) is 0 Å². The van der Waals surface area contributed by atoms with E-state index in [9.17, 15) is 9.59 Å². The Hall–Kier alpha value is -2.21. The van der Waals surface area contributed by atoms with Crippen LogP contribution in [-0.2, 0) is 4.79 Å². The first-order chi connectivity index (χ1) is 12.1. The fourth-order valence-electron chi connectivity index (χ4n) is 2.78. The van der Waals surface area contributed by atoms with Crippen molar-refractivity contribution < 1.29 is 14.0 Å². The minimum absolute atomic E-state index is 0.100. The van der Waals surface area contributed by atoms with Gasteiger partial charge in [0, 0.05) is 23.4 Å². The molecule has 0 saturated carbocycles. The fourth-order valence-corrected chi connectivity index (χ4v) is 4.19. The predicted molar refractivity (Wildman–Crippen MR) is 98.2 cm³/mol. The van der Waals surface area contributed by atoms with Gasteiger partial charge in [-0.15, -0.1) is 11.8 Å². The third kappa shape index (κ3) is 3.90. The maximum absolute atomic E-state index is 13.1. The lowest BCUT2D eigenvalue weighted by molar-refractivity contribution is -0.125. The van der Waals surface area contributed by atoms with Crippen molar-refractivity contribution >= 4 is 23.6 Å². The van der Waals surface area contributed by atoms with Crippen LogP contribution in [0.15, 0.2) is 53.3 Å². The van der Waals surface area contributed by atoms with E-state index in [0.29, 0.717) is 23.8 Å². The highest BCUT2D eigenvalue weighted by atomic mass is 32.2. The molecule has 1 aliphatic heterocycles. The molecule has 6 heteroatoms. The summed E-state index contributed by atoms with van der Waals surface area (Å²) in [6, 6.07) is 10.4. The van der Waals surface area contributed by atoms with E-state index in [-0.39, 0.29) is 17.2 Å². The van der Waals surface area contributed by atoms with Gasteiger partial charge in [-0.2, -0.15) is 0 Å². The summed E-state index contributed by atoms with van der Waals surface area (Å²) in [6.07, 6.45) is 3.23. The monoisotopic (exact) mass is 358 g/mol. The van der Waals surface area contributed by atoms with Gasteiger partial charge in [-0.3, -0.25) is 9.59 Å². The summed E-state index contributed by atoms with van der Waals surface area (Å²) >= 11 is 1.59. The normalized spacial score (nSPS) is 20.0. The molecule has 0 bridgehead atoms. The number of benzene rings is 1. The molecule has 2 aromatic rings. The molecule has 132 valence electrons. The minimum atomic E-state index is -0.489. The highest BCUT2D eigenvalue weighted by Gasteiger charge is 2.42. The molecule has 2 heterocycles. The van der Waals surface area contributed by atoms with Crippen LogP contribution in [-0.4, -0.2) is 35.1 Å². The molecule has 1 aromatic heterocycles. The average molecular weight is 358 g/mol. The van der Waals surface area contributed by atoms with E-state index in [2.05, 4.69) is 5.32 Å². The van der Waals surface area contributed by atoms with Crippen molar-refractivity contribution in [2.24, 2.45) is 5.92 Å². The van der Waals surface area contributed by atoms with Crippen molar-refractivity contribution in [3.8, 4) is 0 Å². The van der Waals surface area contributed by atoms with Gasteiger partial charge in [0.15, 0.2) is 0 Å². The van der Waals surface area contributed by atoms with Gasteiger partial charge in [-0.1, -0.05) is 32.0 Å². The van der Waals surface area contributed by atoms with Gasteiger partial charge in [-0.25, -0.2) is 0 Å². The Kier molecular flexibility index (Phi) is 5.48. The molecule has 0 aliphatic carbocycles. The molecular formula is C19H22N2O3S. The largest absolute Gasteiger partial charge is 0.472 e. The number of carbonyl (C=O) groups excluding carboxylic acids is 2. The Morgan fingerprint density at radius 3 is 2.68 bits per heavy atom. The third-order valence-corrected chi connectivity index (χ3v) is 5.39. The standard InChI is InChI=1S/C19H22N2O3S/c1-13(2)10-20-17(22)16-12-25-19(15-8-9-24-11-15)21(16)18(23)14-6-4-3-5-7-14/h3-9,11,13,16,19H,10,12H2,1-2H3,(H,20,22). The van der Waals surface area contributed by atoms with Crippen LogP contribution >= 0.6 is 11.8 Å². The Bertz CT molecular complexity index is 716. The summed E-state index contributed by atoms with van der Waals surface area (Å²) < 4.78 is 5.18. The summed E-state index contributed by atoms with van der Waals surface area (Å²) in [5.41, 5.74) is 1.48. The van der Waals surface area contributed by atoms with Gasteiger partial charge in [-0.05, 0) is 24.1 Å². The topological polar surface area (TPSA) is 62.6 Å². The Morgan fingerprint density at radius 2 is 2.04 bits per heavy atom. The van der Waals surface area contributed by atoms with Crippen molar-refractivity contribution in [3.05, 3.63) is 60.1 Å². The zero-order chi connectivity index (χ0) is 17.8. The van der Waals surface area contributed by atoms with E-state index in [0.717, 1.165) is 5.56 Å². The number of hydrogen-bond donors (Lipinski definition) is 1. The number of rotatable bonds is 5. The van der Waals surface area contributed by atoms with E-state index in [1.165, 1.54) is 0 Å². The predicted octanol–water partition coefficient (Wildman–Crippen LogP) is 3.31. The van der Waals surface area contributed by atoms with E-state index in [1.807, 2.05) is 38.1 Å². The molecule has 1 aromatic carbocycles. The molecule has 2 atom stereocenters. The summed E-state index contributed by atoms with van der Waals surface area (Å²) in [7, 11) is 0. The Balaban J connectivity index is 1.87. The van der Waals surface area contributed by atoms with Crippen LogP contribution in [0.4, 0.5) is 0 Å². The van der Waals surface area contributed by atoms with Crippen molar-refractivity contribution in [1.82, 2.24) is 10.2 Å².